The number of anilines is 1. The number of aryl methyl sites for hydroxylation is 1. The first-order valence-electron chi connectivity index (χ1n) is 8.06. The number of nitrogens with zero attached hydrogens (tertiary/aromatic N) is 2. The fraction of sp³-hybridized carbons (Fsp3) is 0.353. The summed E-state index contributed by atoms with van der Waals surface area (Å²) in [6.07, 6.45) is 3.16. The van der Waals surface area contributed by atoms with Crippen molar-refractivity contribution in [3.8, 4) is 0 Å². The predicted octanol–water partition coefficient (Wildman–Crippen LogP) is 2.71. The van der Waals surface area contributed by atoms with Gasteiger partial charge in [-0.3, -0.25) is 4.79 Å². The fourth-order valence-corrected chi connectivity index (χ4v) is 3.51. The summed E-state index contributed by atoms with van der Waals surface area (Å²) < 4.78 is 5.31. The summed E-state index contributed by atoms with van der Waals surface area (Å²) >= 11 is 1.32. The highest BCUT2D eigenvalue weighted by molar-refractivity contribution is 7.20. The molecule has 8 heteroatoms. The van der Waals surface area contributed by atoms with Crippen LogP contribution in [-0.2, 0) is 6.54 Å². The first kappa shape index (κ1) is 17.4. The molecule has 0 aliphatic heterocycles. The summed E-state index contributed by atoms with van der Waals surface area (Å²) in [7, 11) is 0. The fourth-order valence-electron chi connectivity index (χ4n) is 2.44. The first-order valence-corrected chi connectivity index (χ1v) is 8.88. The molecule has 0 radical (unpaired) electrons. The lowest BCUT2D eigenvalue weighted by molar-refractivity contribution is 0.0917. The molecule has 0 saturated carbocycles. The minimum absolute atomic E-state index is 0.204. The zero-order chi connectivity index (χ0) is 17.8. The van der Waals surface area contributed by atoms with E-state index in [4.69, 9.17) is 4.42 Å². The maximum absolute atomic E-state index is 12.4. The number of rotatable bonds is 7. The van der Waals surface area contributed by atoms with E-state index in [1.165, 1.54) is 17.7 Å². The summed E-state index contributed by atoms with van der Waals surface area (Å²) in [5, 5.41) is 16.4. The number of nitrogens with one attached hydrogen (secondary N) is 2. The monoisotopic (exact) mass is 360 g/mol. The van der Waals surface area contributed by atoms with Crippen LogP contribution in [0.15, 0.2) is 29.1 Å². The summed E-state index contributed by atoms with van der Waals surface area (Å²) in [6, 6.07) is 3.71. The van der Waals surface area contributed by atoms with Crippen molar-refractivity contribution in [3.05, 3.63) is 40.9 Å². The van der Waals surface area contributed by atoms with Crippen LogP contribution in [0.25, 0.3) is 10.2 Å². The number of carbonyl (C=O) groups is 1. The molecule has 132 valence electrons. The SMILES string of the molecule is CCC(O)CNC(=O)c1sc2ncnc(NCc3ccco3)c2c1C. The normalized spacial score (nSPS) is 12.3. The molecule has 1 unspecified atom stereocenters. The molecule has 25 heavy (non-hydrogen) atoms. The lowest BCUT2D eigenvalue weighted by Gasteiger charge is -2.09. The highest BCUT2D eigenvalue weighted by Crippen LogP contribution is 2.33. The Bertz CT molecular complexity index is 860. The topological polar surface area (TPSA) is 100 Å². The van der Waals surface area contributed by atoms with Crippen LogP contribution in [0.3, 0.4) is 0 Å². The zero-order valence-electron chi connectivity index (χ0n) is 14.1. The number of carbonyl (C=O) groups excluding carboxylic acids is 1. The van der Waals surface area contributed by atoms with E-state index in [-0.39, 0.29) is 12.5 Å². The third-order valence-electron chi connectivity index (χ3n) is 3.91. The summed E-state index contributed by atoms with van der Waals surface area (Å²) in [5.41, 5.74) is 0.825. The van der Waals surface area contributed by atoms with Crippen LogP contribution in [0.5, 0.6) is 0 Å². The van der Waals surface area contributed by atoms with Crippen molar-refractivity contribution in [2.75, 3.05) is 11.9 Å². The Balaban J connectivity index is 1.83. The van der Waals surface area contributed by atoms with Gasteiger partial charge in [-0.15, -0.1) is 11.3 Å². The molecule has 0 bridgehead atoms. The van der Waals surface area contributed by atoms with Gasteiger partial charge in [0.05, 0.1) is 29.2 Å². The third-order valence-corrected chi connectivity index (χ3v) is 5.11. The van der Waals surface area contributed by atoms with Crippen molar-refractivity contribution in [2.45, 2.75) is 32.9 Å². The lowest BCUT2D eigenvalue weighted by Crippen LogP contribution is -2.31. The van der Waals surface area contributed by atoms with Gasteiger partial charge in [-0.2, -0.15) is 0 Å². The number of fused-ring (bicyclic) bond motifs is 1. The first-order chi connectivity index (χ1) is 12.1. The van der Waals surface area contributed by atoms with Crippen molar-refractivity contribution in [3.63, 3.8) is 0 Å². The molecule has 3 N–H and O–H groups in total. The van der Waals surface area contributed by atoms with Crippen LogP contribution in [0.4, 0.5) is 5.82 Å². The van der Waals surface area contributed by atoms with Crippen molar-refractivity contribution in [1.82, 2.24) is 15.3 Å². The number of thiophene rings is 1. The van der Waals surface area contributed by atoms with Gasteiger partial charge in [-0.05, 0) is 31.0 Å². The zero-order valence-corrected chi connectivity index (χ0v) is 14.9. The smallest absolute Gasteiger partial charge is 0.261 e. The Morgan fingerprint density at radius 1 is 1.44 bits per heavy atom. The maximum Gasteiger partial charge on any atom is 0.261 e. The summed E-state index contributed by atoms with van der Waals surface area (Å²) in [4.78, 5) is 22.3. The van der Waals surface area contributed by atoms with Crippen LogP contribution >= 0.6 is 11.3 Å². The molecule has 0 aliphatic rings. The average Bonchev–Trinajstić information content (AvgIpc) is 3.26. The van der Waals surface area contributed by atoms with E-state index in [1.54, 1.807) is 6.26 Å². The molecular formula is C17H20N4O3S. The number of hydrogen-bond acceptors (Lipinski definition) is 7. The molecule has 0 fully saturated rings. The Labute approximate surface area is 149 Å². The third kappa shape index (κ3) is 3.80. The molecule has 3 aromatic rings. The Hall–Kier alpha value is -2.45. The number of aliphatic hydroxyl groups excluding tert-OH is 1. The van der Waals surface area contributed by atoms with Crippen LogP contribution in [-0.4, -0.2) is 33.6 Å². The highest BCUT2D eigenvalue weighted by atomic mass is 32.1. The number of aliphatic hydroxyl groups is 1. The molecule has 0 aliphatic carbocycles. The summed E-state index contributed by atoms with van der Waals surface area (Å²) in [5.74, 6) is 1.26. The molecule has 3 aromatic heterocycles. The second kappa shape index (κ2) is 7.62. The van der Waals surface area contributed by atoms with Gasteiger partial charge in [-0.1, -0.05) is 6.92 Å². The quantitative estimate of drug-likeness (QED) is 0.599. The van der Waals surface area contributed by atoms with E-state index < -0.39 is 6.10 Å². The van der Waals surface area contributed by atoms with Gasteiger partial charge >= 0.3 is 0 Å². The van der Waals surface area contributed by atoms with Crippen molar-refractivity contribution >= 4 is 33.3 Å². The molecule has 0 spiro atoms. The lowest BCUT2D eigenvalue weighted by atomic mass is 10.2. The minimum Gasteiger partial charge on any atom is -0.467 e. The molecule has 0 saturated heterocycles. The number of amides is 1. The van der Waals surface area contributed by atoms with E-state index in [1.807, 2.05) is 26.0 Å². The minimum atomic E-state index is -0.538. The van der Waals surface area contributed by atoms with Gasteiger partial charge in [0.2, 0.25) is 0 Å². The molecule has 0 aromatic carbocycles. The van der Waals surface area contributed by atoms with E-state index in [0.717, 1.165) is 21.5 Å². The largest absolute Gasteiger partial charge is 0.467 e. The molecule has 3 heterocycles. The second-order valence-electron chi connectivity index (χ2n) is 5.66. The Morgan fingerprint density at radius 2 is 2.28 bits per heavy atom. The second-order valence-corrected chi connectivity index (χ2v) is 6.66. The van der Waals surface area contributed by atoms with Gasteiger partial charge < -0.3 is 20.2 Å². The van der Waals surface area contributed by atoms with Gasteiger partial charge in [0.15, 0.2) is 0 Å². The van der Waals surface area contributed by atoms with Crippen LogP contribution < -0.4 is 10.6 Å². The highest BCUT2D eigenvalue weighted by Gasteiger charge is 2.19. The average molecular weight is 360 g/mol. The molecular weight excluding hydrogens is 340 g/mol. The number of hydrogen-bond donors (Lipinski definition) is 3. The van der Waals surface area contributed by atoms with Gasteiger partial charge in [0.25, 0.3) is 5.91 Å². The van der Waals surface area contributed by atoms with E-state index >= 15 is 0 Å². The number of aromatic nitrogens is 2. The van der Waals surface area contributed by atoms with E-state index in [9.17, 15) is 9.90 Å². The van der Waals surface area contributed by atoms with E-state index in [2.05, 4.69) is 20.6 Å². The Morgan fingerprint density at radius 3 is 3.00 bits per heavy atom. The standard InChI is InChI=1S/C17H20N4O3S/c1-3-11(22)7-19-16(23)14-10(2)13-15(20-9-21-17(13)25-14)18-8-12-5-4-6-24-12/h4-6,9,11,22H,3,7-8H2,1-2H3,(H,19,23)(H,18,20,21). The van der Waals surface area contributed by atoms with Gasteiger partial charge in [0, 0.05) is 6.54 Å². The van der Waals surface area contributed by atoms with Crippen LogP contribution in [0.2, 0.25) is 0 Å². The molecule has 1 atom stereocenters. The van der Waals surface area contributed by atoms with Gasteiger partial charge in [0.1, 0.15) is 22.7 Å². The van der Waals surface area contributed by atoms with Gasteiger partial charge in [-0.25, -0.2) is 9.97 Å². The van der Waals surface area contributed by atoms with Crippen molar-refractivity contribution in [2.24, 2.45) is 0 Å². The Kier molecular flexibility index (Phi) is 5.30. The van der Waals surface area contributed by atoms with Crippen molar-refractivity contribution in [1.29, 1.82) is 0 Å². The van der Waals surface area contributed by atoms with E-state index in [0.29, 0.717) is 23.7 Å². The number of furan rings is 1. The van der Waals surface area contributed by atoms with Crippen molar-refractivity contribution < 1.29 is 14.3 Å². The van der Waals surface area contributed by atoms with Crippen LogP contribution in [0.1, 0.15) is 34.3 Å². The predicted molar refractivity (Wildman–Crippen MR) is 96.8 cm³/mol. The molecule has 1 amide bonds. The molecule has 7 nitrogen and oxygen atoms in total. The molecule has 3 rings (SSSR count). The summed E-state index contributed by atoms with van der Waals surface area (Å²) in [6.45, 7) is 4.48. The van der Waals surface area contributed by atoms with Crippen LogP contribution in [0, 0.1) is 6.92 Å². The maximum atomic E-state index is 12.4.